The van der Waals surface area contributed by atoms with Crippen LogP contribution in [-0.2, 0) is 11.3 Å². The predicted octanol–water partition coefficient (Wildman–Crippen LogP) is 4.60. The van der Waals surface area contributed by atoms with Crippen LogP contribution < -0.4 is 15.0 Å². The minimum Gasteiger partial charge on any atom is -0.497 e. The first-order valence-corrected chi connectivity index (χ1v) is 11.7. The molecule has 1 saturated carbocycles. The normalized spacial score (nSPS) is 27.5. The van der Waals surface area contributed by atoms with Crippen molar-refractivity contribution in [3.05, 3.63) is 48.4 Å². The number of nitrogens with zero attached hydrogens (tertiary/aromatic N) is 2. The van der Waals surface area contributed by atoms with Crippen molar-refractivity contribution in [1.29, 1.82) is 0 Å². The number of rotatable bonds is 4. The summed E-state index contributed by atoms with van der Waals surface area (Å²) in [6.45, 7) is 6.64. The molecule has 174 valence electrons. The van der Waals surface area contributed by atoms with Gasteiger partial charge in [-0.1, -0.05) is 32.8 Å². The molecule has 5 rings (SSSR count). The Labute approximate surface area is 193 Å². The fraction of sp³-hybridized carbons (Fsp3) is 0.462. The van der Waals surface area contributed by atoms with E-state index in [4.69, 9.17) is 9.15 Å². The van der Waals surface area contributed by atoms with Gasteiger partial charge in [0, 0.05) is 29.9 Å². The summed E-state index contributed by atoms with van der Waals surface area (Å²) < 4.78 is 12.9. The quantitative estimate of drug-likeness (QED) is 0.631. The summed E-state index contributed by atoms with van der Waals surface area (Å²) in [7, 11) is 1.59. The molecular formula is C26H31N3O4. The molecule has 1 fully saturated rings. The van der Waals surface area contributed by atoms with Crippen molar-refractivity contribution in [2.24, 2.45) is 11.8 Å². The molecule has 4 unspecified atom stereocenters. The van der Waals surface area contributed by atoms with Gasteiger partial charge in [-0.05, 0) is 37.3 Å². The Morgan fingerprint density at radius 2 is 2.03 bits per heavy atom. The molecule has 4 atom stereocenters. The number of benzene rings is 1. The number of fused-ring (bicyclic) bond motifs is 3. The van der Waals surface area contributed by atoms with Crippen LogP contribution in [0.4, 0.5) is 5.69 Å². The second kappa shape index (κ2) is 7.97. The highest BCUT2D eigenvalue weighted by Gasteiger charge is 2.49. The van der Waals surface area contributed by atoms with Crippen molar-refractivity contribution in [2.45, 2.75) is 58.2 Å². The van der Waals surface area contributed by atoms with Crippen LogP contribution in [0.15, 0.2) is 47.1 Å². The third-order valence-electron chi connectivity index (χ3n) is 7.73. The lowest BCUT2D eigenvalue weighted by Crippen LogP contribution is -2.66. The van der Waals surface area contributed by atoms with Gasteiger partial charge >= 0.3 is 0 Å². The Kier molecular flexibility index (Phi) is 5.22. The fourth-order valence-corrected chi connectivity index (χ4v) is 5.48. The lowest BCUT2D eigenvalue weighted by molar-refractivity contribution is -0.128. The molecule has 0 bridgehead atoms. The van der Waals surface area contributed by atoms with E-state index in [1.54, 1.807) is 30.4 Å². The smallest absolute Gasteiger partial charge is 0.276 e. The average Bonchev–Trinajstić information content (AvgIpc) is 3.39. The zero-order valence-electron chi connectivity index (χ0n) is 19.6. The highest BCUT2D eigenvalue weighted by atomic mass is 16.5. The third kappa shape index (κ3) is 3.41. The summed E-state index contributed by atoms with van der Waals surface area (Å²) in [4.78, 5) is 29.4. The van der Waals surface area contributed by atoms with Crippen LogP contribution >= 0.6 is 0 Å². The Bertz CT molecular complexity index is 1210. The molecule has 7 heteroatoms. The van der Waals surface area contributed by atoms with Crippen molar-refractivity contribution in [3.8, 4) is 5.75 Å². The zero-order valence-corrected chi connectivity index (χ0v) is 19.6. The summed E-state index contributed by atoms with van der Waals surface area (Å²) in [5.74, 6) is 1.20. The first-order valence-electron chi connectivity index (χ1n) is 11.7. The van der Waals surface area contributed by atoms with Crippen LogP contribution in [0.1, 0.15) is 50.5 Å². The number of carbonyl (C=O) groups excluding carboxylic acids is 2. The van der Waals surface area contributed by atoms with Gasteiger partial charge in [-0.25, -0.2) is 0 Å². The molecule has 33 heavy (non-hydrogen) atoms. The average molecular weight is 450 g/mol. The van der Waals surface area contributed by atoms with Gasteiger partial charge in [0.05, 0.1) is 25.4 Å². The molecule has 1 N–H and O–H groups in total. The first kappa shape index (κ1) is 21.6. The monoisotopic (exact) mass is 449 g/mol. The van der Waals surface area contributed by atoms with E-state index in [-0.39, 0.29) is 17.9 Å². The maximum absolute atomic E-state index is 14.0. The van der Waals surface area contributed by atoms with Gasteiger partial charge in [-0.3, -0.25) is 14.5 Å². The summed E-state index contributed by atoms with van der Waals surface area (Å²) in [5.41, 5.74) is 1.48. The molecule has 3 aromatic rings. The molecule has 2 aromatic heterocycles. The van der Waals surface area contributed by atoms with Crippen molar-refractivity contribution in [2.75, 3.05) is 12.0 Å². The highest BCUT2D eigenvalue weighted by Crippen LogP contribution is 2.38. The summed E-state index contributed by atoms with van der Waals surface area (Å²) in [5, 5.41) is 3.32. The molecule has 7 nitrogen and oxygen atoms in total. The van der Waals surface area contributed by atoms with Crippen LogP contribution in [0.25, 0.3) is 11.1 Å². The second-order valence-electron chi connectivity index (χ2n) is 9.75. The number of furan rings is 1. The van der Waals surface area contributed by atoms with Crippen molar-refractivity contribution in [1.82, 2.24) is 9.88 Å². The molecule has 3 heterocycles. The Morgan fingerprint density at radius 1 is 1.21 bits per heavy atom. The SMILES string of the molecule is COc1cccc(N2C(=O)c3cc4occc4n3CC2(C)C(=O)NC2CCCC(C)C2C)c1. The van der Waals surface area contributed by atoms with Gasteiger partial charge in [-0.15, -0.1) is 0 Å². The van der Waals surface area contributed by atoms with Gasteiger partial charge in [-0.2, -0.15) is 0 Å². The first-order chi connectivity index (χ1) is 15.8. The number of nitrogens with one attached hydrogen (secondary N) is 1. The van der Waals surface area contributed by atoms with E-state index < -0.39 is 5.54 Å². The third-order valence-corrected chi connectivity index (χ3v) is 7.73. The van der Waals surface area contributed by atoms with Gasteiger partial charge in [0.25, 0.3) is 5.91 Å². The standard InChI is InChI=1S/C26H31N3O4/c1-16-7-5-10-20(17(16)2)27-25(31)26(3)15-28-21-11-12-33-23(21)14-22(28)24(30)29(26)18-8-6-9-19(13-18)32-4/h6,8-9,11-14,16-17,20H,5,7,10,15H2,1-4H3,(H,27,31). The van der Waals surface area contributed by atoms with Gasteiger partial charge in [0.2, 0.25) is 5.91 Å². The predicted molar refractivity (Wildman–Crippen MR) is 127 cm³/mol. The Balaban J connectivity index is 1.59. The van der Waals surface area contributed by atoms with Crippen LogP contribution in [0.3, 0.4) is 0 Å². The molecular weight excluding hydrogens is 418 g/mol. The van der Waals surface area contributed by atoms with Gasteiger partial charge in [0.1, 0.15) is 17.0 Å². The van der Waals surface area contributed by atoms with Gasteiger partial charge < -0.3 is 19.0 Å². The lowest BCUT2D eigenvalue weighted by atomic mass is 9.77. The van der Waals surface area contributed by atoms with E-state index in [0.29, 0.717) is 41.1 Å². The molecule has 1 aliphatic heterocycles. The lowest BCUT2D eigenvalue weighted by Gasteiger charge is -2.45. The maximum atomic E-state index is 14.0. The fourth-order valence-electron chi connectivity index (χ4n) is 5.48. The van der Waals surface area contributed by atoms with Crippen molar-refractivity contribution < 1.29 is 18.7 Å². The number of ether oxygens (including phenoxy) is 1. The van der Waals surface area contributed by atoms with E-state index in [1.165, 1.54) is 6.42 Å². The number of aromatic nitrogens is 1. The van der Waals surface area contributed by atoms with Crippen LogP contribution in [0, 0.1) is 11.8 Å². The minimum atomic E-state index is -1.12. The van der Waals surface area contributed by atoms with Crippen molar-refractivity contribution in [3.63, 3.8) is 0 Å². The summed E-state index contributed by atoms with van der Waals surface area (Å²) in [6.07, 6.45) is 4.86. The molecule has 1 aliphatic carbocycles. The summed E-state index contributed by atoms with van der Waals surface area (Å²) >= 11 is 0. The topological polar surface area (TPSA) is 76.7 Å². The number of anilines is 1. The molecule has 2 amide bonds. The van der Waals surface area contributed by atoms with E-state index in [9.17, 15) is 9.59 Å². The Hall–Kier alpha value is -3.22. The number of methoxy groups -OCH3 is 1. The number of amides is 2. The van der Waals surface area contributed by atoms with Crippen molar-refractivity contribution >= 4 is 28.6 Å². The van der Waals surface area contributed by atoms with Gasteiger partial charge in [0.15, 0.2) is 5.58 Å². The minimum absolute atomic E-state index is 0.0975. The van der Waals surface area contributed by atoms with E-state index in [0.717, 1.165) is 18.4 Å². The van der Waals surface area contributed by atoms with E-state index in [2.05, 4.69) is 19.2 Å². The zero-order chi connectivity index (χ0) is 23.3. The molecule has 2 aliphatic rings. The van der Waals surface area contributed by atoms with Crippen LogP contribution in [0.2, 0.25) is 0 Å². The maximum Gasteiger partial charge on any atom is 0.276 e. The number of hydrogen-bond acceptors (Lipinski definition) is 4. The van der Waals surface area contributed by atoms with E-state index in [1.807, 2.05) is 35.8 Å². The largest absolute Gasteiger partial charge is 0.497 e. The molecule has 0 radical (unpaired) electrons. The Morgan fingerprint density at radius 3 is 2.82 bits per heavy atom. The molecule has 0 spiro atoms. The van der Waals surface area contributed by atoms with Crippen LogP contribution in [0.5, 0.6) is 5.75 Å². The number of carbonyl (C=O) groups is 2. The number of hydrogen-bond donors (Lipinski definition) is 1. The highest BCUT2D eigenvalue weighted by molar-refractivity contribution is 6.13. The molecule has 1 aromatic carbocycles. The molecule has 0 saturated heterocycles. The summed E-state index contributed by atoms with van der Waals surface area (Å²) in [6, 6.07) is 11.0. The van der Waals surface area contributed by atoms with Crippen LogP contribution in [-0.4, -0.2) is 35.1 Å². The van der Waals surface area contributed by atoms with E-state index >= 15 is 0 Å². The second-order valence-corrected chi connectivity index (χ2v) is 9.75.